The Morgan fingerprint density at radius 3 is 2.45 bits per heavy atom. The highest BCUT2D eigenvalue weighted by atomic mass is 35.5. The van der Waals surface area contributed by atoms with Crippen LogP contribution in [0, 0.1) is 0 Å². The van der Waals surface area contributed by atoms with E-state index in [1.807, 2.05) is 66.7 Å². The fourth-order valence-electron chi connectivity index (χ4n) is 3.22. The Bertz CT molecular complexity index is 1170. The van der Waals surface area contributed by atoms with Gasteiger partial charge < -0.3 is 4.74 Å². The summed E-state index contributed by atoms with van der Waals surface area (Å²) in [5, 5.41) is 1.18. The third-order valence-electron chi connectivity index (χ3n) is 4.98. The van der Waals surface area contributed by atoms with Crippen LogP contribution in [0.4, 0.5) is 5.13 Å². The van der Waals surface area contributed by atoms with Crippen molar-refractivity contribution in [2.45, 2.75) is 26.3 Å². The highest BCUT2D eigenvalue weighted by Crippen LogP contribution is 2.33. The number of amides is 1. The zero-order valence-corrected chi connectivity index (χ0v) is 19.0. The Kier molecular flexibility index (Phi) is 6.54. The summed E-state index contributed by atoms with van der Waals surface area (Å²) in [6.07, 6.45) is 0. The van der Waals surface area contributed by atoms with Gasteiger partial charge in [-0.15, -0.1) is 0 Å². The zero-order valence-electron chi connectivity index (χ0n) is 17.4. The first-order valence-corrected chi connectivity index (χ1v) is 11.3. The maximum Gasteiger partial charge on any atom is 0.267 e. The fourth-order valence-corrected chi connectivity index (χ4v) is 4.50. The molecule has 0 bridgehead atoms. The molecule has 0 spiro atoms. The third kappa shape index (κ3) is 5.06. The second kappa shape index (κ2) is 9.50. The molecular weight excluding hydrogens is 428 g/mol. The monoisotopic (exact) mass is 450 g/mol. The van der Waals surface area contributed by atoms with Crippen LogP contribution in [0.15, 0.2) is 72.8 Å². The number of hydrogen-bond donors (Lipinski definition) is 0. The van der Waals surface area contributed by atoms with Crippen LogP contribution >= 0.6 is 22.9 Å². The van der Waals surface area contributed by atoms with Gasteiger partial charge in [-0.05, 0) is 41.3 Å². The Labute approximate surface area is 191 Å². The van der Waals surface area contributed by atoms with Gasteiger partial charge in [-0.25, -0.2) is 4.98 Å². The van der Waals surface area contributed by atoms with Crippen LogP contribution in [0.25, 0.3) is 10.2 Å². The number of aromatic nitrogens is 1. The average molecular weight is 451 g/mol. The number of carbonyl (C=O) groups is 1. The van der Waals surface area contributed by atoms with Crippen molar-refractivity contribution < 1.29 is 9.53 Å². The number of hydrogen-bond acceptors (Lipinski definition) is 4. The number of fused-ring (bicyclic) bond motifs is 1. The molecule has 0 aliphatic rings. The molecule has 158 valence electrons. The van der Waals surface area contributed by atoms with Gasteiger partial charge in [-0.3, -0.25) is 9.69 Å². The summed E-state index contributed by atoms with van der Waals surface area (Å²) in [4.78, 5) is 19.5. The van der Waals surface area contributed by atoms with E-state index in [-0.39, 0.29) is 12.5 Å². The fraction of sp³-hybridized carbons (Fsp3) is 0.200. The molecule has 1 amide bonds. The van der Waals surface area contributed by atoms with E-state index in [1.165, 1.54) is 16.9 Å². The van der Waals surface area contributed by atoms with E-state index in [4.69, 9.17) is 16.3 Å². The van der Waals surface area contributed by atoms with Crippen molar-refractivity contribution >= 4 is 44.2 Å². The molecule has 0 fully saturated rings. The maximum atomic E-state index is 13.2. The minimum Gasteiger partial charge on any atom is -0.484 e. The van der Waals surface area contributed by atoms with E-state index < -0.39 is 0 Å². The maximum absolute atomic E-state index is 13.2. The normalized spacial score (nSPS) is 11.1. The summed E-state index contributed by atoms with van der Waals surface area (Å²) >= 11 is 7.75. The predicted octanol–water partition coefficient (Wildman–Crippen LogP) is 6.69. The second-order valence-corrected chi connectivity index (χ2v) is 8.98. The number of halogens is 1. The van der Waals surface area contributed by atoms with Gasteiger partial charge in [0.2, 0.25) is 0 Å². The van der Waals surface area contributed by atoms with Crippen LogP contribution < -0.4 is 9.64 Å². The van der Waals surface area contributed by atoms with Gasteiger partial charge >= 0.3 is 0 Å². The van der Waals surface area contributed by atoms with Gasteiger partial charge in [0.05, 0.1) is 16.3 Å². The Hall–Kier alpha value is -2.89. The predicted molar refractivity (Wildman–Crippen MR) is 128 cm³/mol. The molecule has 4 nitrogen and oxygen atoms in total. The Morgan fingerprint density at radius 2 is 1.77 bits per heavy atom. The lowest BCUT2D eigenvalue weighted by atomic mass is 10.0. The number of rotatable bonds is 7. The van der Waals surface area contributed by atoms with Crippen molar-refractivity contribution in [1.29, 1.82) is 0 Å². The summed E-state index contributed by atoms with van der Waals surface area (Å²) in [7, 11) is 0. The molecule has 0 atom stereocenters. The van der Waals surface area contributed by atoms with Gasteiger partial charge in [-0.1, -0.05) is 85.3 Å². The largest absolute Gasteiger partial charge is 0.484 e. The smallest absolute Gasteiger partial charge is 0.267 e. The summed E-state index contributed by atoms with van der Waals surface area (Å²) in [5.74, 6) is 0.958. The third-order valence-corrected chi connectivity index (χ3v) is 6.33. The average Bonchev–Trinajstić information content (AvgIpc) is 3.22. The Morgan fingerprint density at radius 1 is 1.03 bits per heavy atom. The lowest BCUT2D eigenvalue weighted by Crippen LogP contribution is -2.34. The van der Waals surface area contributed by atoms with Crippen molar-refractivity contribution in [2.75, 3.05) is 11.5 Å². The summed E-state index contributed by atoms with van der Waals surface area (Å²) in [6.45, 7) is 4.63. The number of anilines is 1. The van der Waals surface area contributed by atoms with E-state index in [0.29, 0.717) is 33.9 Å². The van der Waals surface area contributed by atoms with Gasteiger partial charge in [0.15, 0.2) is 11.7 Å². The van der Waals surface area contributed by atoms with Crippen LogP contribution in [-0.2, 0) is 11.3 Å². The number of para-hydroxylation sites is 1. The molecule has 0 saturated heterocycles. The first-order valence-electron chi connectivity index (χ1n) is 10.1. The van der Waals surface area contributed by atoms with Gasteiger partial charge in [0, 0.05) is 0 Å². The van der Waals surface area contributed by atoms with Crippen molar-refractivity contribution in [3.05, 3.63) is 88.9 Å². The number of benzene rings is 3. The second-order valence-electron chi connectivity index (χ2n) is 7.56. The van der Waals surface area contributed by atoms with Crippen molar-refractivity contribution in [2.24, 2.45) is 0 Å². The molecule has 0 radical (unpaired) electrons. The topological polar surface area (TPSA) is 42.4 Å². The number of nitrogens with zero attached hydrogens (tertiary/aromatic N) is 2. The highest BCUT2D eigenvalue weighted by Gasteiger charge is 2.21. The molecule has 1 aromatic heterocycles. The van der Waals surface area contributed by atoms with E-state index in [0.717, 1.165) is 10.3 Å². The van der Waals surface area contributed by atoms with Crippen LogP contribution in [0.5, 0.6) is 5.75 Å². The molecule has 6 heteroatoms. The quantitative estimate of drug-likeness (QED) is 0.315. The molecule has 0 aliphatic carbocycles. The first-order chi connectivity index (χ1) is 15.0. The molecule has 3 aromatic carbocycles. The summed E-state index contributed by atoms with van der Waals surface area (Å²) in [5.41, 5.74) is 2.96. The minimum absolute atomic E-state index is 0.0719. The molecule has 0 N–H and O–H groups in total. The number of carbonyl (C=O) groups excluding carboxylic acids is 1. The van der Waals surface area contributed by atoms with Crippen molar-refractivity contribution in [3.8, 4) is 5.75 Å². The highest BCUT2D eigenvalue weighted by molar-refractivity contribution is 7.22. The van der Waals surface area contributed by atoms with Gasteiger partial charge in [0.25, 0.3) is 5.91 Å². The SMILES string of the molecule is CC(C)c1ccc(OCC(=O)N(Cc2ccccc2)c2nc3c(Cl)cccc3s2)cc1. The molecule has 4 aromatic rings. The molecule has 0 saturated carbocycles. The minimum atomic E-state index is -0.160. The number of ether oxygens (including phenoxy) is 1. The van der Waals surface area contributed by atoms with Gasteiger partial charge in [0.1, 0.15) is 11.3 Å². The van der Waals surface area contributed by atoms with Crippen LogP contribution in [0.2, 0.25) is 5.02 Å². The molecule has 4 rings (SSSR count). The zero-order chi connectivity index (χ0) is 21.8. The van der Waals surface area contributed by atoms with Crippen LogP contribution in [0.1, 0.15) is 30.9 Å². The summed E-state index contributed by atoms with van der Waals surface area (Å²) < 4.78 is 6.74. The van der Waals surface area contributed by atoms with E-state index in [2.05, 4.69) is 18.8 Å². The molecule has 1 heterocycles. The molecular formula is C25H23ClN2O2S. The van der Waals surface area contributed by atoms with Crippen molar-refractivity contribution in [3.63, 3.8) is 0 Å². The molecule has 0 unspecified atom stereocenters. The lowest BCUT2D eigenvalue weighted by molar-refractivity contribution is -0.120. The summed E-state index contributed by atoms with van der Waals surface area (Å²) in [6, 6.07) is 23.4. The van der Waals surface area contributed by atoms with E-state index >= 15 is 0 Å². The van der Waals surface area contributed by atoms with E-state index in [1.54, 1.807) is 11.0 Å². The van der Waals surface area contributed by atoms with Crippen molar-refractivity contribution in [1.82, 2.24) is 4.98 Å². The molecule has 0 aliphatic heterocycles. The van der Waals surface area contributed by atoms with E-state index in [9.17, 15) is 4.79 Å². The Balaban J connectivity index is 1.57. The van der Waals surface area contributed by atoms with Crippen LogP contribution in [-0.4, -0.2) is 17.5 Å². The van der Waals surface area contributed by atoms with Crippen LogP contribution in [0.3, 0.4) is 0 Å². The van der Waals surface area contributed by atoms with Gasteiger partial charge in [-0.2, -0.15) is 0 Å². The first kappa shape index (κ1) is 21.3. The number of thiazole rings is 1. The molecule has 31 heavy (non-hydrogen) atoms. The lowest BCUT2D eigenvalue weighted by Gasteiger charge is -2.20. The standard InChI is InChI=1S/C25H23ClN2O2S/c1-17(2)19-11-13-20(14-12-19)30-16-23(29)28(15-18-7-4-3-5-8-18)25-27-24-21(26)9-6-10-22(24)31-25/h3-14,17H,15-16H2,1-2H3.